The van der Waals surface area contributed by atoms with Gasteiger partial charge in [-0.1, -0.05) is 30.3 Å². The van der Waals surface area contributed by atoms with Gasteiger partial charge in [-0.2, -0.15) is 11.8 Å². The molecule has 0 spiro atoms. The monoisotopic (exact) mass is 278 g/mol. The normalized spacial score (nSPS) is 19.8. The van der Waals surface area contributed by atoms with Gasteiger partial charge in [0.05, 0.1) is 0 Å². The Morgan fingerprint density at radius 3 is 2.89 bits per heavy atom. The number of thioether (sulfide) groups is 1. The van der Waals surface area contributed by atoms with Gasteiger partial charge in [0, 0.05) is 18.3 Å². The number of hydrogen-bond acceptors (Lipinski definition) is 3. The molecule has 0 radical (unpaired) electrons. The van der Waals surface area contributed by atoms with Gasteiger partial charge in [-0.05, 0) is 50.7 Å². The minimum Gasteiger partial charge on any atom is -0.313 e. The van der Waals surface area contributed by atoms with Crippen molar-refractivity contribution in [1.82, 2.24) is 10.2 Å². The lowest BCUT2D eigenvalue weighted by Crippen LogP contribution is -2.35. The maximum absolute atomic E-state index is 3.69. The van der Waals surface area contributed by atoms with Gasteiger partial charge in [-0.3, -0.25) is 0 Å². The summed E-state index contributed by atoms with van der Waals surface area (Å²) in [6.45, 7) is 3.38. The third kappa shape index (κ3) is 5.98. The first kappa shape index (κ1) is 14.9. The summed E-state index contributed by atoms with van der Waals surface area (Å²) in [5, 5.41) is 3.69. The van der Waals surface area contributed by atoms with Crippen molar-refractivity contribution in [2.45, 2.75) is 31.8 Å². The second-order valence-corrected chi connectivity index (χ2v) is 6.59. The van der Waals surface area contributed by atoms with Gasteiger partial charge in [0.1, 0.15) is 0 Å². The van der Waals surface area contributed by atoms with Gasteiger partial charge in [0.25, 0.3) is 0 Å². The molecule has 2 nitrogen and oxygen atoms in total. The van der Waals surface area contributed by atoms with E-state index in [1.54, 1.807) is 0 Å². The molecule has 0 aliphatic carbocycles. The lowest BCUT2D eigenvalue weighted by atomic mass is 10.2. The van der Waals surface area contributed by atoms with Crippen molar-refractivity contribution < 1.29 is 0 Å². The summed E-state index contributed by atoms with van der Waals surface area (Å²) in [5.41, 5.74) is 1.40. The van der Waals surface area contributed by atoms with Gasteiger partial charge < -0.3 is 10.2 Å². The molecule has 2 rings (SSSR count). The van der Waals surface area contributed by atoms with Crippen molar-refractivity contribution in [2.75, 3.05) is 31.6 Å². The molecule has 1 unspecified atom stereocenters. The second-order valence-electron chi connectivity index (χ2n) is 5.45. The highest BCUT2D eigenvalue weighted by molar-refractivity contribution is 7.99. The Kier molecular flexibility index (Phi) is 6.75. The van der Waals surface area contributed by atoms with E-state index >= 15 is 0 Å². The summed E-state index contributed by atoms with van der Waals surface area (Å²) in [7, 11) is 2.21. The molecule has 1 fully saturated rings. The molecule has 1 N–H and O–H groups in total. The molecule has 19 heavy (non-hydrogen) atoms. The number of nitrogens with one attached hydrogen (secondary N) is 1. The van der Waals surface area contributed by atoms with E-state index in [0.717, 1.165) is 19.1 Å². The average Bonchev–Trinajstić information content (AvgIpc) is 2.46. The van der Waals surface area contributed by atoms with Crippen molar-refractivity contribution in [3.8, 4) is 0 Å². The zero-order valence-electron chi connectivity index (χ0n) is 12.0. The third-order valence-electron chi connectivity index (χ3n) is 3.61. The summed E-state index contributed by atoms with van der Waals surface area (Å²) in [4.78, 5) is 2.41. The highest BCUT2D eigenvalue weighted by Gasteiger charge is 2.12. The standard InChI is InChI=1S/C16H26N2S/c1-18(13-15-7-3-2-4-8-15)11-6-10-17-16-9-5-12-19-14-16/h2-4,7-8,16-17H,5-6,9-14H2,1H3. The smallest absolute Gasteiger partial charge is 0.0230 e. The molecule has 0 saturated carbocycles. The van der Waals surface area contributed by atoms with Crippen molar-refractivity contribution >= 4 is 11.8 Å². The molecule has 1 aliphatic heterocycles. The van der Waals surface area contributed by atoms with Crippen molar-refractivity contribution in [3.05, 3.63) is 35.9 Å². The van der Waals surface area contributed by atoms with Crippen LogP contribution in [0.1, 0.15) is 24.8 Å². The van der Waals surface area contributed by atoms with Crippen LogP contribution >= 0.6 is 11.8 Å². The average molecular weight is 278 g/mol. The quantitative estimate of drug-likeness (QED) is 0.772. The van der Waals surface area contributed by atoms with Gasteiger partial charge in [-0.25, -0.2) is 0 Å². The van der Waals surface area contributed by atoms with E-state index < -0.39 is 0 Å². The van der Waals surface area contributed by atoms with E-state index in [9.17, 15) is 0 Å². The van der Waals surface area contributed by atoms with Crippen LogP contribution in [0, 0.1) is 0 Å². The van der Waals surface area contributed by atoms with Gasteiger partial charge in [0.2, 0.25) is 0 Å². The summed E-state index contributed by atoms with van der Waals surface area (Å²) >= 11 is 2.10. The minimum absolute atomic E-state index is 0.762. The second kappa shape index (κ2) is 8.62. The molecule has 0 amide bonds. The molecule has 106 valence electrons. The summed E-state index contributed by atoms with van der Waals surface area (Å²) < 4.78 is 0. The maximum Gasteiger partial charge on any atom is 0.0230 e. The van der Waals surface area contributed by atoms with Gasteiger partial charge >= 0.3 is 0 Å². The van der Waals surface area contributed by atoms with Gasteiger partial charge in [0.15, 0.2) is 0 Å². The van der Waals surface area contributed by atoms with Crippen LogP contribution in [-0.4, -0.2) is 42.6 Å². The fraction of sp³-hybridized carbons (Fsp3) is 0.625. The maximum atomic E-state index is 3.69. The van der Waals surface area contributed by atoms with Crippen LogP contribution in [0.4, 0.5) is 0 Å². The van der Waals surface area contributed by atoms with E-state index in [1.807, 2.05) is 0 Å². The van der Waals surface area contributed by atoms with Crippen LogP contribution in [0.3, 0.4) is 0 Å². The van der Waals surface area contributed by atoms with Crippen molar-refractivity contribution in [1.29, 1.82) is 0 Å². The van der Waals surface area contributed by atoms with Crippen LogP contribution < -0.4 is 5.32 Å². The summed E-state index contributed by atoms with van der Waals surface area (Å²) in [6.07, 6.45) is 3.99. The zero-order valence-corrected chi connectivity index (χ0v) is 12.8. The van der Waals surface area contributed by atoms with Crippen LogP contribution in [0.5, 0.6) is 0 Å². The molecule has 1 saturated heterocycles. The van der Waals surface area contributed by atoms with Crippen LogP contribution in [0.2, 0.25) is 0 Å². The summed E-state index contributed by atoms with van der Waals surface area (Å²) in [6, 6.07) is 11.5. The number of hydrogen-bond donors (Lipinski definition) is 1. The Labute approximate surface area is 122 Å². The van der Waals surface area contributed by atoms with Crippen molar-refractivity contribution in [2.24, 2.45) is 0 Å². The number of benzene rings is 1. The molecule has 0 aromatic heterocycles. The fourth-order valence-corrected chi connectivity index (χ4v) is 3.64. The summed E-state index contributed by atoms with van der Waals surface area (Å²) in [5.74, 6) is 2.66. The Morgan fingerprint density at radius 1 is 1.32 bits per heavy atom. The van der Waals surface area contributed by atoms with Crippen LogP contribution in [-0.2, 0) is 6.54 Å². The Bertz CT molecular complexity index is 336. The molecule has 1 aromatic rings. The van der Waals surface area contributed by atoms with Gasteiger partial charge in [-0.15, -0.1) is 0 Å². The Morgan fingerprint density at radius 2 is 2.16 bits per heavy atom. The number of rotatable bonds is 7. The molecule has 3 heteroatoms. The molecule has 1 aliphatic rings. The van der Waals surface area contributed by atoms with E-state index in [2.05, 4.69) is 59.4 Å². The molecule has 1 atom stereocenters. The van der Waals surface area contributed by atoms with E-state index in [1.165, 1.54) is 42.9 Å². The van der Waals surface area contributed by atoms with E-state index in [4.69, 9.17) is 0 Å². The molecule has 1 heterocycles. The highest BCUT2D eigenvalue weighted by atomic mass is 32.2. The van der Waals surface area contributed by atoms with Crippen molar-refractivity contribution in [3.63, 3.8) is 0 Å². The molecular weight excluding hydrogens is 252 g/mol. The topological polar surface area (TPSA) is 15.3 Å². The van der Waals surface area contributed by atoms with Crippen LogP contribution in [0.25, 0.3) is 0 Å². The predicted molar refractivity (Wildman–Crippen MR) is 85.7 cm³/mol. The lowest BCUT2D eigenvalue weighted by molar-refractivity contribution is 0.316. The molecule has 1 aromatic carbocycles. The molecular formula is C16H26N2S. The van der Waals surface area contributed by atoms with Crippen LogP contribution in [0.15, 0.2) is 30.3 Å². The van der Waals surface area contributed by atoms with E-state index in [0.29, 0.717) is 0 Å². The minimum atomic E-state index is 0.762. The largest absolute Gasteiger partial charge is 0.313 e. The first-order valence-electron chi connectivity index (χ1n) is 7.38. The first-order chi connectivity index (χ1) is 9.34. The Balaban J connectivity index is 1.55. The predicted octanol–water partition coefficient (Wildman–Crippen LogP) is 2.99. The molecule has 0 bridgehead atoms. The lowest BCUT2D eigenvalue weighted by Gasteiger charge is -2.23. The SMILES string of the molecule is CN(CCCNC1CCCSC1)Cc1ccccc1. The number of nitrogens with zero attached hydrogens (tertiary/aromatic N) is 1. The Hall–Kier alpha value is -0.510. The highest BCUT2D eigenvalue weighted by Crippen LogP contribution is 2.16. The third-order valence-corrected chi connectivity index (χ3v) is 4.82. The first-order valence-corrected chi connectivity index (χ1v) is 8.53. The fourth-order valence-electron chi connectivity index (χ4n) is 2.53. The zero-order chi connectivity index (χ0) is 13.3. The van der Waals surface area contributed by atoms with E-state index in [-0.39, 0.29) is 0 Å².